The van der Waals surface area contributed by atoms with E-state index in [4.69, 9.17) is 4.74 Å². The lowest BCUT2D eigenvalue weighted by atomic mass is 10.2. The first-order valence-electron chi connectivity index (χ1n) is 6.23. The molecule has 0 spiro atoms. The third-order valence-electron chi connectivity index (χ3n) is 2.75. The molecule has 0 aliphatic rings. The molecular weight excluding hydrogens is 274 g/mol. The minimum Gasteiger partial charge on any atom is -0.462 e. The van der Waals surface area contributed by atoms with Crippen LogP contribution in [0.1, 0.15) is 33.2 Å². The average Bonchev–Trinajstić information content (AvgIpc) is 2.86. The van der Waals surface area contributed by atoms with Gasteiger partial charge in [0.1, 0.15) is 0 Å². The Balaban J connectivity index is 2.06. The number of ether oxygens (including phenoxy) is 1. The highest BCUT2D eigenvalue weighted by Crippen LogP contribution is 2.17. The van der Waals surface area contributed by atoms with Gasteiger partial charge in [-0.1, -0.05) is 0 Å². The van der Waals surface area contributed by atoms with E-state index >= 15 is 0 Å². The Morgan fingerprint density at radius 2 is 1.90 bits per heavy atom. The van der Waals surface area contributed by atoms with Crippen LogP contribution >= 0.6 is 11.3 Å². The number of esters is 1. The molecule has 0 saturated carbocycles. The van der Waals surface area contributed by atoms with E-state index in [1.807, 2.05) is 17.7 Å². The highest BCUT2D eigenvalue weighted by atomic mass is 32.1. The zero-order valence-electron chi connectivity index (χ0n) is 11.3. The third-order valence-corrected chi connectivity index (χ3v) is 3.62. The van der Waals surface area contributed by atoms with Crippen molar-refractivity contribution in [1.29, 1.82) is 0 Å². The fourth-order valence-electron chi connectivity index (χ4n) is 1.70. The zero-order valence-corrected chi connectivity index (χ0v) is 12.1. The van der Waals surface area contributed by atoms with E-state index < -0.39 is 0 Å². The van der Waals surface area contributed by atoms with Gasteiger partial charge in [0.2, 0.25) is 0 Å². The minimum absolute atomic E-state index is 0.146. The summed E-state index contributed by atoms with van der Waals surface area (Å²) in [5, 5.41) is 6.55. The van der Waals surface area contributed by atoms with Gasteiger partial charge in [0.05, 0.1) is 17.7 Å². The molecule has 0 unspecified atom stereocenters. The molecule has 104 valence electrons. The second-order valence-corrected chi connectivity index (χ2v) is 4.96. The lowest BCUT2D eigenvalue weighted by Crippen LogP contribution is -2.12. The molecule has 0 atom stereocenters. The Labute approximate surface area is 121 Å². The topological polar surface area (TPSA) is 55.4 Å². The van der Waals surface area contributed by atoms with E-state index in [9.17, 15) is 9.59 Å². The molecule has 0 bridgehead atoms. The Morgan fingerprint density at radius 3 is 2.45 bits per heavy atom. The number of amides is 1. The molecule has 0 saturated heterocycles. The van der Waals surface area contributed by atoms with Gasteiger partial charge >= 0.3 is 5.97 Å². The van der Waals surface area contributed by atoms with Gasteiger partial charge in [-0.15, -0.1) is 0 Å². The summed E-state index contributed by atoms with van der Waals surface area (Å²) in [5.74, 6) is -0.508. The molecule has 5 heteroatoms. The monoisotopic (exact) mass is 289 g/mol. The van der Waals surface area contributed by atoms with Gasteiger partial charge in [0, 0.05) is 11.1 Å². The molecule has 2 aromatic rings. The second kappa shape index (κ2) is 6.34. The summed E-state index contributed by atoms with van der Waals surface area (Å²) in [7, 11) is 0. The number of thiophene rings is 1. The van der Waals surface area contributed by atoms with Crippen LogP contribution in [0.15, 0.2) is 35.0 Å². The predicted octanol–water partition coefficient (Wildman–Crippen LogP) is 3.49. The number of carbonyl (C=O) groups excluding carboxylic acids is 2. The number of rotatable bonds is 4. The molecule has 1 amide bonds. The van der Waals surface area contributed by atoms with Crippen LogP contribution in [0.4, 0.5) is 5.69 Å². The standard InChI is InChI=1S/C15H15NO3S/c1-3-19-15(18)11-4-6-12(7-5-11)16-14(17)13-9-20-8-10(13)2/h4-9H,3H2,1-2H3,(H,16,17). The van der Waals surface area contributed by atoms with Crippen molar-refractivity contribution in [2.45, 2.75) is 13.8 Å². The lowest BCUT2D eigenvalue weighted by Gasteiger charge is -2.06. The van der Waals surface area contributed by atoms with E-state index in [1.54, 1.807) is 31.2 Å². The van der Waals surface area contributed by atoms with E-state index in [2.05, 4.69) is 5.32 Å². The van der Waals surface area contributed by atoms with Crippen molar-refractivity contribution in [1.82, 2.24) is 0 Å². The number of anilines is 1. The Kier molecular flexibility index (Phi) is 4.53. The van der Waals surface area contributed by atoms with Crippen molar-refractivity contribution >= 4 is 28.9 Å². The van der Waals surface area contributed by atoms with Crippen LogP contribution in [0.3, 0.4) is 0 Å². The predicted molar refractivity (Wildman–Crippen MR) is 79.4 cm³/mol. The summed E-state index contributed by atoms with van der Waals surface area (Å²) in [4.78, 5) is 23.5. The van der Waals surface area contributed by atoms with Crippen molar-refractivity contribution in [3.05, 3.63) is 51.7 Å². The van der Waals surface area contributed by atoms with E-state index in [0.717, 1.165) is 5.56 Å². The van der Waals surface area contributed by atoms with Gasteiger partial charge in [-0.2, -0.15) is 11.3 Å². The second-order valence-electron chi connectivity index (χ2n) is 4.22. The van der Waals surface area contributed by atoms with E-state index in [-0.39, 0.29) is 11.9 Å². The van der Waals surface area contributed by atoms with Gasteiger partial charge in [-0.3, -0.25) is 4.79 Å². The summed E-state index contributed by atoms with van der Waals surface area (Å²) in [6, 6.07) is 6.64. The number of benzene rings is 1. The molecule has 0 aliphatic carbocycles. The molecular formula is C15H15NO3S. The molecule has 2 rings (SSSR count). The van der Waals surface area contributed by atoms with Gasteiger partial charge in [0.15, 0.2) is 0 Å². The van der Waals surface area contributed by atoms with Gasteiger partial charge in [-0.25, -0.2) is 4.79 Å². The average molecular weight is 289 g/mol. The molecule has 0 fully saturated rings. The first-order chi connectivity index (χ1) is 9.61. The van der Waals surface area contributed by atoms with E-state index in [1.165, 1.54) is 11.3 Å². The lowest BCUT2D eigenvalue weighted by molar-refractivity contribution is 0.0526. The van der Waals surface area contributed by atoms with Crippen LogP contribution in [-0.2, 0) is 4.74 Å². The first kappa shape index (κ1) is 14.3. The fourth-order valence-corrected chi connectivity index (χ4v) is 2.52. The normalized spacial score (nSPS) is 10.1. The first-order valence-corrected chi connectivity index (χ1v) is 7.17. The molecule has 1 aromatic carbocycles. The smallest absolute Gasteiger partial charge is 0.338 e. The SMILES string of the molecule is CCOC(=O)c1ccc(NC(=O)c2cscc2C)cc1. The maximum Gasteiger partial charge on any atom is 0.338 e. The van der Waals surface area contributed by atoms with Crippen molar-refractivity contribution < 1.29 is 14.3 Å². The summed E-state index contributed by atoms with van der Waals surface area (Å²) >= 11 is 1.49. The Hall–Kier alpha value is -2.14. The quantitative estimate of drug-likeness (QED) is 0.877. The fraction of sp³-hybridized carbons (Fsp3) is 0.200. The molecule has 0 radical (unpaired) electrons. The summed E-state index contributed by atoms with van der Waals surface area (Å²) in [6.07, 6.45) is 0. The molecule has 0 aliphatic heterocycles. The maximum atomic E-state index is 12.0. The van der Waals surface area contributed by atoms with Gasteiger partial charge in [0.25, 0.3) is 5.91 Å². The highest BCUT2D eigenvalue weighted by Gasteiger charge is 2.11. The van der Waals surface area contributed by atoms with Crippen LogP contribution in [0, 0.1) is 6.92 Å². The van der Waals surface area contributed by atoms with Crippen molar-refractivity contribution in [2.24, 2.45) is 0 Å². The van der Waals surface area contributed by atoms with Crippen molar-refractivity contribution in [3.8, 4) is 0 Å². The number of hydrogen-bond acceptors (Lipinski definition) is 4. The van der Waals surface area contributed by atoms with Gasteiger partial charge in [-0.05, 0) is 49.1 Å². The number of nitrogens with one attached hydrogen (secondary N) is 1. The van der Waals surface area contributed by atoms with Crippen LogP contribution in [0.25, 0.3) is 0 Å². The number of aryl methyl sites for hydroxylation is 1. The van der Waals surface area contributed by atoms with Crippen LogP contribution in [0.5, 0.6) is 0 Å². The third kappa shape index (κ3) is 3.24. The minimum atomic E-state index is -0.362. The maximum absolute atomic E-state index is 12.0. The molecule has 1 aromatic heterocycles. The highest BCUT2D eigenvalue weighted by molar-refractivity contribution is 7.08. The van der Waals surface area contributed by atoms with Gasteiger partial charge < -0.3 is 10.1 Å². The number of carbonyl (C=O) groups is 2. The Morgan fingerprint density at radius 1 is 1.20 bits per heavy atom. The summed E-state index contributed by atoms with van der Waals surface area (Å²) in [6.45, 7) is 4.00. The molecule has 4 nitrogen and oxygen atoms in total. The van der Waals surface area contributed by atoms with Crippen LogP contribution < -0.4 is 5.32 Å². The van der Waals surface area contributed by atoms with Crippen LogP contribution in [0.2, 0.25) is 0 Å². The van der Waals surface area contributed by atoms with E-state index in [0.29, 0.717) is 23.4 Å². The largest absolute Gasteiger partial charge is 0.462 e. The molecule has 1 N–H and O–H groups in total. The van der Waals surface area contributed by atoms with Crippen molar-refractivity contribution in [3.63, 3.8) is 0 Å². The zero-order chi connectivity index (χ0) is 14.5. The number of hydrogen-bond donors (Lipinski definition) is 1. The summed E-state index contributed by atoms with van der Waals surface area (Å²) in [5.41, 5.74) is 2.74. The van der Waals surface area contributed by atoms with Crippen molar-refractivity contribution in [2.75, 3.05) is 11.9 Å². The summed E-state index contributed by atoms with van der Waals surface area (Å²) < 4.78 is 4.90. The van der Waals surface area contributed by atoms with Crippen LogP contribution in [-0.4, -0.2) is 18.5 Å². The Bertz CT molecular complexity index is 616. The molecule has 1 heterocycles. The molecule has 20 heavy (non-hydrogen) atoms.